The van der Waals surface area contributed by atoms with Crippen LogP contribution >= 0.6 is 0 Å². The van der Waals surface area contributed by atoms with Gasteiger partial charge in [-0.1, -0.05) is 24.3 Å². The first-order valence-corrected chi connectivity index (χ1v) is 18.2. The minimum absolute atomic E-state index is 0.168. The Hall–Kier alpha value is -7.87. The van der Waals surface area contributed by atoms with Gasteiger partial charge in [-0.05, 0) is 44.0 Å². The number of benzene rings is 2. The van der Waals surface area contributed by atoms with Gasteiger partial charge in [0.15, 0.2) is 5.65 Å². The van der Waals surface area contributed by atoms with Crippen molar-refractivity contribution in [2.45, 2.75) is 32.4 Å². The first-order valence-electron chi connectivity index (χ1n) is 18.2. The second kappa shape index (κ2) is 19.5. The Balaban J connectivity index is 0.000000362. The third-order valence-corrected chi connectivity index (χ3v) is 9.22. The summed E-state index contributed by atoms with van der Waals surface area (Å²) >= 11 is 0. The van der Waals surface area contributed by atoms with Crippen molar-refractivity contribution in [3.8, 4) is 17.0 Å². The number of fused-ring (bicyclic) bond motifs is 2. The zero-order chi connectivity index (χ0) is 43.5. The number of anilines is 2. The van der Waals surface area contributed by atoms with Gasteiger partial charge in [0.25, 0.3) is 5.91 Å². The minimum atomic E-state index is -1.26. The molecule has 1 amide bonds. The highest BCUT2D eigenvalue weighted by molar-refractivity contribution is 6.07. The maximum atomic E-state index is 13.3. The van der Waals surface area contributed by atoms with Gasteiger partial charge < -0.3 is 45.8 Å². The fourth-order valence-corrected chi connectivity index (χ4v) is 6.49. The molecule has 1 aliphatic rings. The van der Waals surface area contributed by atoms with Crippen molar-refractivity contribution in [3.63, 3.8) is 0 Å². The van der Waals surface area contributed by atoms with Crippen LogP contribution in [0.1, 0.15) is 40.9 Å². The molecule has 0 unspecified atom stereocenters. The highest BCUT2D eigenvalue weighted by Gasteiger charge is 2.27. The number of likely N-dealkylation sites (tertiary alicyclic amines) is 1. The molecular weight excluding hydrogens is 781 g/mol. The number of hydrogen-bond donors (Lipinski definition) is 7. The lowest BCUT2D eigenvalue weighted by molar-refractivity contribution is -0.134. The zero-order valence-corrected chi connectivity index (χ0v) is 32.6. The van der Waals surface area contributed by atoms with Crippen LogP contribution in [0.25, 0.3) is 33.2 Å². The van der Waals surface area contributed by atoms with Crippen molar-refractivity contribution in [1.29, 1.82) is 0 Å². The number of carboxylic acids is 4. The number of aliphatic carboxylic acids is 4. The number of carboxylic acid groups (broad SMARTS) is 4. The molecule has 5 heterocycles. The summed E-state index contributed by atoms with van der Waals surface area (Å²) in [5.74, 6) is -3.44. The van der Waals surface area contributed by atoms with Gasteiger partial charge >= 0.3 is 23.9 Å². The average Bonchev–Trinajstić information content (AvgIpc) is 3.92. The molecule has 6 aromatic rings. The summed E-state index contributed by atoms with van der Waals surface area (Å²) in [6.45, 7) is 4.67. The van der Waals surface area contributed by atoms with Crippen molar-refractivity contribution < 1.29 is 49.1 Å². The lowest BCUT2D eigenvalue weighted by Crippen LogP contribution is -2.34. The van der Waals surface area contributed by atoms with Crippen molar-refractivity contribution >= 4 is 63.2 Å². The predicted octanol–water partition coefficient (Wildman–Crippen LogP) is 4.12. The summed E-state index contributed by atoms with van der Waals surface area (Å²) in [7, 11) is 3.47. The lowest BCUT2D eigenvalue weighted by atomic mass is 10.0. The van der Waals surface area contributed by atoms with Crippen LogP contribution in [0.4, 0.5) is 11.5 Å². The Labute approximate surface area is 341 Å². The molecule has 0 bridgehead atoms. The van der Waals surface area contributed by atoms with Gasteiger partial charge in [0, 0.05) is 79.3 Å². The number of imidazole rings is 1. The number of piperidine rings is 1. The molecule has 60 heavy (non-hydrogen) atoms. The highest BCUT2D eigenvalue weighted by Crippen LogP contribution is 2.37. The van der Waals surface area contributed by atoms with Gasteiger partial charge in [-0.25, -0.2) is 38.8 Å². The molecule has 20 nitrogen and oxygen atoms in total. The number of amides is 1. The Morgan fingerprint density at radius 2 is 1.53 bits per heavy atom. The monoisotopic (exact) mass is 822 g/mol. The molecule has 2 aromatic carbocycles. The number of nitrogens with two attached hydrogens (primary N) is 1. The number of aromatic nitrogens is 7. The van der Waals surface area contributed by atoms with E-state index in [2.05, 4.69) is 30.2 Å². The van der Waals surface area contributed by atoms with Crippen LogP contribution in [0, 0.1) is 6.92 Å². The maximum absolute atomic E-state index is 13.3. The number of para-hydroxylation sites is 1. The van der Waals surface area contributed by atoms with E-state index >= 15 is 0 Å². The number of hydrogen-bond acceptors (Lipinski definition) is 12. The van der Waals surface area contributed by atoms with Gasteiger partial charge in [0.1, 0.15) is 35.1 Å². The average molecular weight is 823 g/mol. The highest BCUT2D eigenvalue weighted by atomic mass is 16.5. The number of ether oxygens (including phenoxy) is 1. The Morgan fingerprint density at radius 3 is 2.10 bits per heavy atom. The van der Waals surface area contributed by atoms with Crippen LogP contribution in [-0.2, 0) is 32.8 Å². The fourth-order valence-electron chi connectivity index (χ4n) is 6.49. The molecule has 0 spiro atoms. The largest absolute Gasteiger partial charge is 0.495 e. The number of nitrogens with zero attached hydrogens (tertiary/aromatic N) is 7. The number of carbonyl (C=O) groups excluding carboxylic acids is 1. The Bertz CT molecular complexity index is 2530. The van der Waals surface area contributed by atoms with Crippen LogP contribution in [0.5, 0.6) is 5.75 Å². The number of carbonyl (C=O) groups is 5. The second-order valence-corrected chi connectivity index (χ2v) is 13.3. The number of methoxy groups -OCH3 is 1. The van der Waals surface area contributed by atoms with E-state index in [1.54, 1.807) is 7.11 Å². The van der Waals surface area contributed by atoms with Crippen LogP contribution in [0.3, 0.4) is 0 Å². The quantitative estimate of drug-likeness (QED) is 0.0904. The van der Waals surface area contributed by atoms with E-state index in [4.69, 9.17) is 36.0 Å². The number of nitrogen functional groups attached to an aromatic ring is 1. The van der Waals surface area contributed by atoms with E-state index in [0.717, 1.165) is 60.5 Å². The lowest BCUT2D eigenvalue weighted by Gasteiger charge is -2.31. The summed E-state index contributed by atoms with van der Waals surface area (Å²) in [5.41, 5.74) is 11.8. The number of aryl methyl sites for hydroxylation is 2. The SMILES string of the molecule is COc1cc(-c2nn(C3CCN(Cc4cnc(C)[nH]4)CC3)c3ncnc(N)c23)ccc1NC(=O)c1cc2ccccc2n1C.O=C(O)/C=C\C(=O)O.O=C(O)/C=C\C(=O)O. The van der Waals surface area contributed by atoms with E-state index in [1.165, 1.54) is 6.33 Å². The molecular formula is C40H42N10O10. The molecule has 1 aliphatic heterocycles. The molecule has 312 valence electrons. The molecule has 1 fully saturated rings. The summed E-state index contributed by atoms with van der Waals surface area (Å²) in [5, 5.41) is 41.0. The number of rotatable bonds is 11. The summed E-state index contributed by atoms with van der Waals surface area (Å²) in [6.07, 6.45) is 7.48. The molecule has 20 heteroatoms. The third-order valence-electron chi connectivity index (χ3n) is 9.22. The predicted molar refractivity (Wildman–Crippen MR) is 218 cm³/mol. The molecule has 0 saturated carbocycles. The maximum Gasteiger partial charge on any atom is 0.328 e. The van der Waals surface area contributed by atoms with Gasteiger partial charge in [-0.3, -0.25) is 9.69 Å². The molecule has 8 N–H and O–H groups in total. The summed E-state index contributed by atoms with van der Waals surface area (Å²) in [4.78, 5) is 70.5. The van der Waals surface area contributed by atoms with Crippen LogP contribution in [0.2, 0.25) is 0 Å². The van der Waals surface area contributed by atoms with Gasteiger partial charge in [-0.2, -0.15) is 5.10 Å². The first-order chi connectivity index (χ1) is 28.6. The fraction of sp³-hybridized carbons (Fsp3) is 0.225. The van der Waals surface area contributed by atoms with E-state index < -0.39 is 23.9 Å². The summed E-state index contributed by atoms with van der Waals surface area (Å²) in [6, 6.07) is 15.6. The normalized spacial score (nSPS) is 13.1. The van der Waals surface area contributed by atoms with Crippen molar-refractivity contribution in [2.75, 3.05) is 31.2 Å². The molecule has 7 rings (SSSR count). The second-order valence-electron chi connectivity index (χ2n) is 13.3. The molecule has 0 radical (unpaired) electrons. The van der Waals surface area contributed by atoms with E-state index in [1.807, 2.05) is 77.9 Å². The van der Waals surface area contributed by atoms with E-state index in [0.29, 0.717) is 64.0 Å². The smallest absolute Gasteiger partial charge is 0.328 e. The van der Waals surface area contributed by atoms with Crippen LogP contribution < -0.4 is 15.8 Å². The Kier molecular flexibility index (Phi) is 14.1. The molecule has 4 aromatic heterocycles. The number of aromatic amines is 1. The van der Waals surface area contributed by atoms with E-state index in [9.17, 15) is 24.0 Å². The number of nitrogens with one attached hydrogen (secondary N) is 2. The van der Waals surface area contributed by atoms with Crippen molar-refractivity contribution in [3.05, 3.63) is 103 Å². The van der Waals surface area contributed by atoms with Crippen LogP contribution in [0.15, 0.2) is 85.4 Å². The van der Waals surface area contributed by atoms with Gasteiger partial charge in [-0.15, -0.1) is 0 Å². The Morgan fingerprint density at radius 1 is 0.900 bits per heavy atom. The minimum Gasteiger partial charge on any atom is -0.495 e. The van der Waals surface area contributed by atoms with Crippen molar-refractivity contribution in [2.24, 2.45) is 7.05 Å². The zero-order valence-electron chi connectivity index (χ0n) is 32.6. The molecule has 0 atom stereocenters. The number of H-pyrrole nitrogens is 1. The van der Waals surface area contributed by atoms with Crippen LogP contribution in [-0.4, -0.2) is 110 Å². The first kappa shape index (κ1) is 43.3. The summed E-state index contributed by atoms with van der Waals surface area (Å²) < 4.78 is 9.62. The molecule has 0 aliphatic carbocycles. The van der Waals surface area contributed by atoms with Gasteiger partial charge in [0.05, 0.1) is 24.2 Å². The van der Waals surface area contributed by atoms with E-state index in [-0.39, 0.29) is 11.9 Å². The molecule has 1 saturated heterocycles. The topological polar surface area (TPSA) is 294 Å². The van der Waals surface area contributed by atoms with Crippen molar-refractivity contribution in [1.82, 2.24) is 39.2 Å². The standard InChI is InChI=1S/C32H34N10O2.2C4H4O4/c1-19-34-16-22(37-19)17-41-12-10-23(11-13-41)42-31-28(30(33)35-18-36-31)29(39-42)21-8-9-24(27(15-21)44-3)38-32(43)26-14-20-6-4-5-7-25(20)40(26)2;2*5-3(6)1-2-4(7)8/h4-9,14-16,18,23H,10-13,17H2,1-3H3,(H,34,37)(H,38,43)(H2,33,35,36);2*1-2H,(H,5,6)(H,7,8)/b;2*2-1-. The van der Waals surface area contributed by atoms with Gasteiger partial charge in [0.2, 0.25) is 0 Å². The third kappa shape index (κ3) is 10.9.